The summed E-state index contributed by atoms with van der Waals surface area (Å²) in [6.45, 7) is 6.69. The molecule has 1 aromatic carbocycles. The first kappa shape index (κ1) is 13.9. The van der Waals surface area contributed by atoms with Crippen molar-refractivity contribution >= 4 is 11.6 Å². The van der Waals surface area contributed by atoms with Gasteiger partial charge in [-0.15, -0.1) is 11.6 Å². The maximum absolute atomic E-state index is 6.56. The largest absolute Gasteiger partial charge is 0.299 e. The van der Waals surface area contributed by atoms with Gasteiger partial charge in [0.1, 0.15) is 0 Å². The summed E-state index contributed by atoms with van der Waals surface area (Å²) in [5.74, 6) is 0. The van der Waals surface area contributed by atoms with Gasteiger partial charge in [-0.25, -0.2) is 0 Å². The third-order valence-corrected chi connectivity index (χ3v) is 4.48. The molecule has 1 aromatic rings. The Kier molecular flexibility index (Phi) is 5.08. The van der Waals surface area contributed by atoms with E-state index in [-0.39, 0.29) is 5.38 Å². The molecular formula is C16H24ClN. The fraction of sp³-hybridized carbons (Fsp3) is 0.625. The van der Waals surface area contributed by atoms with Gasteiger partial charge in [0, 0.05) is 12.6 Å². The number of aryl methyl sites for hydroxylation is 1. The average molecular weight is 266 g/mol. The van der Waals surface area contributed by atoms with E-state index in [4.69, 9.17) is 11.6 Å². The molecular weight excluding hydrogens is 242 g/mol. The smallest absolute Gasteiger partial charge is 0.0712 e. The van der Waals surface area contributed by atoms with Crippen molar-refractivity contribution in [2.45, 2.75) is 50.9 Å². The first-order valence-electron chi connectivity index (χ1n) is 7.17. The van der Waals surface area contributed by atoms with E-state index in [0.29, 0.717) is 6.04 Å². The summed E-state index contributed by atoms with van der Waals surface area (Å²) in [6, 6.07) is 9.46. The molecule has 0 amide bonds. The standard InChI is InChI=1S/C16H24ClN/c1-3-14-7-9-15(10-8-14)16(17)12-18-11-5-4-6-13(18)2/h7-10,13,16H,3-6,11-12H2,1-2H3. The van der Waals surface area contributed by atoms with E-state index in [1.165, 1.54) is 36.9 Å². The molecule has 0 radical (unpaired) electrons. The Morgan fingerprint density at radius 2 is 2.00 bits per heavy atom. The third-order valence-electron chi connectivity index (χ3n) is 4.09. The van der Waals surface area contributed by atoms with Gasteiger partial charge in [0.05, 0.1) is 5.38 Å². The first-order chi connectivity index (χ1) is 8.70. The molecule has 2 heteroatoms. The van der Waals surface area contributed by atoms with Crippen molar-refractivity contribution in [2.24, 2.45) is 0 Å². The number of benzene rings is 1. The van der Waals surface area contributed by atoms with Crippen molar-refractivity contribution in [3.8, 4) is 0 Å². The van der Waals surface area contributed by atoms with Crippen molar-refractivity contribution in [3.63, 3.8) is 0 Å². The van der Waals surface area contributed by atoms with Crippen molar-refractivity contribution in [2.75, 3.05) is 13.1 Å². The molecule has 0 spiro atoms. The number of nitrogens with zero attached hydrogens (tertiary/aromatic N) is 1. The summed E-state index contributed by atoms with van der Waals surface area (Å²) >= 11 is 6.56. The van der Waals surface area contributed by atoms with Crippen molar-refractivity contribution in [1.29, 1.82) is 0 Å². The Hall–Kier alpha value is -0.530. The fourth-order valence-corrected chi connectivity index (χ4v) is 3.03. The van der Waals surface area contributed by atoms with Crippen LogP contribution in [0.4, 0.5) is 0 Å². The van der Waals surface area contributed by atoms with Gasteiger partial charge >= 0.3 is 0 Å². The fourth-order valence-electron chi connectivity index (χ4n) is 2.70. The Bertz CT molecular complexity index is 360. The highest BCUT2D eigenvalue weighted by Crippen LogP contribution is 2.26. The normalized spacial score (nSPS) is 22.9. The summed E-state index contributed by atoms with van der Waals surface area (Å²) < 4.78 is 0. The van der Waals surface area contributed by atoms with Gasteiger partial charge in [-0.05, 0) is 43.9 Å². The van der Waals surface area contributed by atoms with Crippen molar-refractivity contribution < 1.29 is 0 Å². The van der Waals surface area contributed by atoms with E-state index in [2.05, 4.69) is 43.0 Å². The summed E-state index contributed by atoms with van der Waals surface area (Å²) in [6.07, 6.45) is 5.10. The summed E-state index contributed by atoms with van der Waals surface area (Å²) in [7, 11) is 0. The molecule has 0 aliphatic carbocycles. The van der Waals surface area contributed by atoms with Crippen LogP contribution in [0.15, 0.2) is 24.3 Å². The number of halogens is 1. The zero-order chi connectivity index (χ0) is 13.0. The van der Waals surface area contributed by atoms with Crippen LogP contribution in [0.3, 0.4) is 0 Å². The molecule has 1 saturated heterocycles. The second kappa shape index (κ2) is 6.58. The predicted molar refractivity (Wildman–Crippen MR) is 79.3 cm³/mol. The highest BCUT2D eigenvalue weighted by Gasteiger charge is 2.21. The van der Waals surface area contributed by atoms with Gasteiger partial charge in [0.15, 0.2) is 0 Å². The van der Waals surface area contributed by atoms with E-state index < -0.39 is 0 Å². The number of hydrogen-bond acceptors (Lipinski definition) is 1. The minimum atomic E-state index is 0.122. The molecule has 100 valence electrons. The lowest BCUT2D eigenvalue weighted by Gasteiger charge is -2.34. The van der Waals surface area contributed by atoms with Crippen LogP contribution in [0.1, 0.15) is 49.6 Å². The summed E-state index contributed by atoms with van der Waals surface area (Å²) in [5.41, 5.74) is 2.64. The van der Waals surface area contributed by atoms with Crippen LogP contribution < -0.4 is 0 Å². The molecule has 0 N–H and O–H groups in total. The zero-order valence-corrected chi connectivity index (χ0v) is 12.3. The van der Waals surface area contributed by atoms with Crippen LogP contribution in [0.5, 0.6) is 0 Å². The maximum Gasteiger partial charge on any atom is 0.0712 e. The first-order valence-corrected chi connectivity index (χ1v) is 7.61. The lowest BCUT2D eigenvalue weighted by Crippen LogP contribution is -2.39. The third kappa shape index (κ3) is 3.49. The van der Waals surface area contributed by atoms with Gasteiger partial charge in [-0.2, -0.15) is 0 Å². The number of rotatable bonds is 4. The lowest BCUT2D eigenvalue weighted by molar-refractivity contribution is 0.161. The molecule has 1 heterocycles. The highest BCUT2D eigenvalue weighted by atomic mass is 35.5. The Morgan fingerprint density at radius 1 is 1.28 bits per heavy atom. The van der Waals surface area contributed by atoms with Crippen LogP contribution in [-0.2, 0) is 6.42 Å². The molecule has 0 aromatic heterocycles. The maximum atomic E-state index is 6.56. The van der Waals surface area contributed by atoms with Crippen LogP contribution in [0.2, 0.25) is 0 Å². The second-order valence-corrected chi connectivity index (χ2v) is 5.93. The van der Waals surface area contributed by atoms with E-state index >= 15 is 0 Å². The van der Waals surface area contributed by atoms with E-state index in [0.717, 1.165) is 13.0 Å². The van der Waals surface area contributed by atoms with Crippen molar-refractivity contribution in [3.05, 3.63) is 35.4 Å². The van der Waals surface area contributed by atoms with E-state index in [1.54, 1.807) is 0 Å². The molecule has 1 nitrogen and oxygen atoms in total. The summed E-state index contributed by atoms with van der Waals surface area (Å²) in [4.78, 5) is 2.54. The topological polar surface area (TPSA) is 3.24 Å². The average Bonchev–Trinajstić information content (AvgIpc) is 2.41. The van der Waals surface area contributed by atoms with Gasteiger partial charge in [0.2, 0.25) is 0 Å². The number of alkyl halides is 1. The number of hydrogen-bond donors (Lipinski definition) is 0. The van der Waals surface area contributed by atoms with Crippen molar-refractivity contribution in [1.82, 2.24) is 4.90 Å². The van der Waals surface area contributed by atoms with Gasteiger partial charge in [-0.1, -0.05) is 37.6 Å². The van der Waals surface area contributed by atoms with Gasteiger partial charge in [0.25, 0.3) is 0 Å². The molecule has 0 bridgehead atoms. The van der Waals surface area contributed by atoms with E-state index in [9.17, 15) is 0 Å². The van der Waals surface area contributed by atoms with Crippen LogP contribution in [-0.4, -0.2) is 24.0 Å². The molecule has 1 aliphatic rings. The summed E-state index contributed by atoms with van der Waals surface area (Å²) in [5, 5.41) is 0.122. The predicted octanol–water partition coefficient (Wildman–Crippen LogP) is 4.40. The molecule has 2 rings (SSSR count). The zero-order valence-electron chi connectivity index (χ0n) is 11.5. The molecule has 2 unspecified atom stereocenters. The monoisotopic (exact) mass is 265 g/mol. The van der Waals surface area contributed by atoms with Crippen LogP contribution >= 0.6 is 11.6 Å². The van der Waals surface area contributed by atoms with Crippen LogP contribution in [0, 0.1) is 0 Å². The minimum absolute atomic E-state index is 0.122. The molecule has 2 atom stereocenters. The lowest BCUT2D eigenvalue weighted by atomic mass is 10.0. The molecule has 1 aliphatic heterocycles. The number of piperidine rings is 1. The Balaban J connectivity index is 1.95. The quantitative estimate of drug-likeness (QED) is 0.730. The van der Waals surface area contributed by atoms with Crippen LogP contribution in [0.25, 0.3) is 0 Å². The van der Waals surface area contributed by atoms with Gasteiger partial charge < -0.3 is 0 Å². The number of likely N-dealkylation sites (tertiary alicyclic amines) is 1. The SMILES string of the molecule is CCc1ccc(C(Cl)CN2CCCCC2C)cc1. The minimum Gasteiger partial charge on any atom is -0.299 e. The Morgan fingerprint density at radius 3 is 2.61 bits per heavy atom. The second-order valence-electron chi connectivity index (χ2n) is 5.40. The Labute approximate surface area is 116 Å². The van der Waals surface area contributed by atoms with E-state index in [1.807, 2.05) is 0 Å². The molecule has 1 fully saturated rings. The molecule has 18 heavy (non-hydrogen) atoms. The highest BCUT2D eigenvalue weighted by molar-refractivity contribution is 6.21. The molecule has 0 saturated carbocycles. The van der Waals surface area contributed by atoms with Gasteiger partial charge in [-0.3, -0.25) is 4.90 Å².